The summed E-state index contributed by atoms with van der Waals surface area (Å²) in [6.45, 7) is 2.57. The Bertz CT molecular complexity index is 949. The van der Waals surface area contributed by atoms with Crippen LogP contribution in [0.5, 0.6) is 0 Å². The zero-order valence-electron chi connectivity index (χ0n) is 13.4. The minimum atomic E-state index is -0.0377. The maximum absolute atomic E-state index is 13.1. The first-order chi connectivity index (χ1) is 11.6. The van der Waals surface area contributed by atoms with Gasteiger partial charge in [-0.3, -0.25) is 9.69 Å². The van der Waals surface area contributed by atoms with Crippen molar-refractivity contribution in [1.29, 1.82) is 0 Å². The number of aryl methyl sites for hydroxylation is 1. The Morgan fingerprint density at radius 2 is 1.96 bits per heavy atom. The second-order valence-electron chi connectivity index (χ2n) is 6.07. The number of rotatable bonds is 1. The molecule has 1 amide bonds. The van der Waals surface area contributed by atoms with Gasteiger partial charge in [-0.25, -0.2) is 0 Å². The van der Waals surface area contributed by atoms with E-state index in [0.717, 1.165) is 22.6 Å². The molecule has 4 rings (SSSR count). The Labute approximate surface area is 140 Å². The lowest BCUT2D eigenvalue weighted by atomic mass is 10.1. The molecular weight excluding hydrogens is 298 g/mol. The second kappa shape index (κ2) is 5.49. The minimum absolute atomic E-state index is 0.0377. The maximum Gasteiger partial charge on any atom is 0.259 e. The molecule has 2 heterocycles. The van der Waals surface area contributed by atoms with Gasteiger partial charge in [-0.1, -0.05) is 18.2 Å². The van der Waals surface area contributed by atoms with Crippen molar-refractivity contribution >= 4 is 17.3 Å². The summed E-state index contributed by atoms with van der Waals surface area (Å²) in [5, 5.41) is 0. The van der Waals surface area contributed by atoms with E-state index in [0.29, 0.717) is 17.8 Å². The molecule has 1 aliphatic heterocycles. The first-order valence-electron chi connectivity index (χ1n) is 7.91. The number of fused-ring (bicyclic) bond motifs is 3. The van der Waals surface area contributed by atoms with Crippen molar-refractivity contribution in [2.24, 2.45) is 0 Å². The van der Waals surface area contributed by atoms with Crippen molar-refractivity contribution in [2.45, 2.75) is 13.5 Å². The lowest BCUT2D eigenvalue weighted by Crippen LogP contribution is -2.47. The molecule has 0 atom stereocenters. The van der Waals surface area contributed by atoms with Crippen LogP contribution in [0, 0.1) is 6.92 Å². The van der Waals surface area contributed by atoms with Crippen molar-refractivity contribution in [3.05, 3.63) is 83.7 Å². The topological polar surface area (TPSA) is 50.2 Å². The lowest BCUT2D eigenvalue weighted by Gasteiger charge is -2.27. The summed E-state index contributed by atoms with van der Waals surface area (Å²) in [4.78, 5) is 14.9. The highest BCUT2D eigenvalue weighted by Gasteiger charge is 2.32. The molecule has 4 heteroatoms. The third-order valence-electron chi connectivity index (χ3n) is 4.32. The number of carbonyl (C=O) groups is 1. The van der Waals surface area contributed by atoms with E-state index < -0.39 is 0 Å². The van der Waals surface area contributed by atoms with E-state index in [1.54, 1.807) is 12.1 Å². The zero-order chi connectivity index (χ0) is 16.7. The van der Waals surface area contributed by atoms with Gasteiger partial charge in [0.05, 0.1) is 0 Å². The maximum atomic E-state index is 13.1. The number of amides is 1. The molecule has 0 unspecified atom stereocenters. The lowest BCUT2D eigenvalue weighted by molar-refractivity contribution is -0.605. The average molecular weight is 316 g/mol. The summed E-state index contributed by atoms with van der Waals surface area (Å²) in [6.07, 6.45) is 2.03. The molecule has 118 valence electrons. The number of nitrogen functional groups attached to an aromatic ring is 1. The van der Waals surface area contributed by atoms with Crippen LogP contribution in [-0.4, -0.2) is 5.91 Å². The van der Waals surface area contributed by atoms with E-state index >= 15 is 0 Å². The van der Waals surface area contributed by atoms with Crippen LogP contribution in [0.1, 0.15) is 21.6 Å². The van der Waals surface area contributed by atoms with Gasteiger partial charge in [0.1, 0.15) is 12.2 Å². The molecule has 2 N–H and O–H groups in total. The van der Waals surface area contributed by atoms with Crippen LogP contribution < -0.4 is 15.2 Å². The predicted molar refractivity (Wildman–Crippen MR) is 94.1 cm³/mol. The predicted octanol–water partition coefficient (Wildman–Crippen LogP) is 3.01. The van der Waals surface area contributed by atoms with Crippen molar-refractivity contribution in [3.63, 3.8) is 0 Å². The molecule has 4 nitrogen and oxygen atoms in total. The Kier molecular flexibility index (Phi) is 3.31. The van der Waals surface area contributed by atoms with Gasteiger partial charge in [0.15, 0.2) is 6.20 Å². The van der Waals surface area contributed by atoms with Crippen LogP contribution in [0.4, 0.5) is 11.4 Å². The van der Waals surface area contributed by atoms with Gasteiger partial charge in [-0.05, 0) is 36.8 Å². The zero-order valence-corrected chi connectivity index (χ0v) is 13.4. The molecule has 0 saturated carbocycles. The van der Waals surface area contributed by atoms with E-state index in [9.17, 15) is 4.79 Å². The highest BCUT2D eigenvalue weighted by Crippen LogP contribution is 2.29. The summed E-state index contributed by atoms with van der Waals surface area (Å²) < 4.78 is 2.14. The fraction of sp³-hybridized carbons (Fsp3) is 0.100. The largest absolute Gasteiger partial charge is 0.399 e. The standard InChI is InChI=1S/C20H18N3O/c1-14-8-9-18-19(11-14)23(13-17-7-2-3-10-22(17)18)20(24)15-5-4-6-16(21)12-15/h2-12H,13,21H2,1H3/q+1. The molecule has 1 aromatic heterocycles. The van der Waals surface area contributed by atoms with Crippen LogP contribution in [0.2, 0.25) is 0 Å². The summed E-state index contributed by atoms with van der Waals surface area (Å²) in [5.41, 5.74) is 11.2. The molecule has 0 fully saturated rings. The Morgan fingerprint density at radius 1 is 1.08 bits per heavy atom. The van der Waals surface area contributed by atoms with E-state index in [-0.39, 0.29) is 5.91 Å². The first kappa shape index (κ1) is 14.5. The van der Waals surface area contributed by atoms with Crippen molar-refractivity contribution in [3.8, 4) is 5.69 Å². The van der Waals surface area contributed by atoms with Crippen molar-refractivity contribution in [1.82, 2.24) is 0 Å². The Morgan fingerprint density at radius 3 is 2.79 bits per heavy atom. The summed E-state index contributed by atoms with van der Waals surface area (Å²) in [7, 11) is 0. The number of hydrogen-bond acceptors (Lipinski definition) is 2. The highest BCUT2D eigenvalue weighted by molar-refractivity contribution is 6.07. The van der Waals surface area contributed by atoms with Crippen molar-refractivity contribution < 1.29 is 9.36 Å². The van der Waals surface area contributed by atoms with Crippen LogP contribution in [0.25, 0.3) is 5.69 Å². The normalized spacial score (nSPS) is 12.5. The monoisotopic (exact) mass is 316 g/mol. The van der Waals surface area contributed by atoms with Crippen LogP contribution in [-0.2, 0) is 6.54 Å². The van der Waals surface area contributed by atoms with Gasteiger partial charge in [0.25, 0.3) is 5.91 Å². The smallest absolute Gasteiger partial charge is 0.259 e. The Balaban J connectivity index is 1.86. The highest BCUT2D eigenvalue weighted by atomic mass is 16.2. The number of hydrogen-bond donors (Lipinski definition) is 1. The fourth-order valence-electron chi connectivity index (χ4n) is 3.15. The first-order valence-corrected chi connectivity index (χ1v) is 7.91. The van der Waals surface area contributed by atoms with E-state index in [2.05, 4.69) is 22.8 Å². The van der Waals surface area contributed by atoms with Gasteiger partial charge in [-0.15, -0.1) is 0 Å². The number of pyridine rings is 1. The van der Waals surface area contributed by atoms with Crippen LogP contribution >= 0.6 is 0 Å². The van der Waals surface area contributed by atoms with Gasteiger partial charge in [-0.2, -0.15) is 4.57 Å². The molecule has 24 heavy (non-hydrogen) atoms. The number of nitrogens with zero attached hydrogens (tertiary/aromatic N) is 2. The average Bonchev–Trinajstić information content (AvgIpc) is 2.60. The molecule has 0 aliphatic carbocycles. The van der Waals surface area contributed by atoms with Gasteiger partial charge in [0, 0.05) is 29.4 Å². The molecule has 0 radical (unpaired) electrons. The number of carbonyl (C=O) groups excluding carboxylic acids is 1. The minimum Gasteiger partial charge on any atom is -0.399 e. The molecule has 2 aromatic carbocycles. The third kappa shape index (κ3) is 2.33. The van der Waals surface area contributed by atoms with Gasteiger partial charge >= 0.3 is 0 Å². The van der Waals surface area contributed by atoms with Gasteiger partial charge in [0.2, 0.25) is 11.4 Å². The molecular formula is C20H18N3O+. The summed E-state index contributed by atoms with van der Waals surface area (Å²) in [5.74, 6) is -0.0377. The molecule has 3 aromatic rings. The number of benzene rings is 2. The quantitative estimate of drug-likeness (QED) is 0.554. The van der Waals surface area contributed by atoms with E-state index in [1.807, 2.05) is 48.4 Å². The van der Waals surface area contributed by atoms with Crippen LogP contribution in [0.3, 0.4) is 0 Å². The number of aromatic nitrogens is 1. The third-order valence-corrected chi connectivity index (χ3v) is 4.32. The van der Waals surface area contributed by atoms with Crippen LogP contribution in [0.15, 0.2) is 66.9 Å². The second-order valence-corrected chi connectivity index (χ2v) is 6.07. The number of anilines is 2. The SMILES string of the molecule is Cc1ccc2c(c1)N(C(=O)c1cccc(N)c1)Cc1cccc[n+]1-2. The van der Waals surface area contributed by atoms with E-state index in [1.165, 1.54) is 0 Å². The summed E-state index contributed by atoms with van der Waals surface area (Å²) in [6, 6.07) is 19.4. The molecule has 0 saturated heterocycles. The molecule has 0 spiro atoms. The number of nitrogens with two attached hydrogens (primary N) is 1. The van der Waals surface area contributed by atoms with E-state index in [4.69, 9.17) is 5.73 Å². The molecule has 0 bridgehead atoms. The fourth-order valence-corrected chi connectivity index (χ4v) is 3.15. The Hall–Kier alpha value is -3.14. The van der Waals surface area contributed by atoms with Crippen molar-refractivity contribution in [2.75, 3.05) is 10.6 Å². The molecule has 1 aliphatic rings. The summed E-state index contributed by atoms with van der Waals surface area (Å²) >= 11 is 0. The van der Waals surface area contributed by atoms with Gasteiger partial charge < -0.3 is 5.73 Å².